The minimum Gasteiger partial charge on any atom is -0.389 e. The van der Waals surface area contributed by atoms with Gasteiger partial charge in [-0.2, -0.15) is 11.3 Å². The molecule has 1 rings (SSSR count). The normalized spacial score (nSPS) is 13.2. The first kappa shape index (κ1) is 15.0. The summed E-state index contributed by atoms with van der Waals surface area (Å²) >= 11 is 1.66. The Balaban J connectivity index is 2.37. The first-order valence-electron chi connectivity index (χ1n) is 6.03. The number of nitrogens with one attached hydrogen (secondary N) is 1. The summed E-state index contributed by atoms with van der Waals surface area (Å²) in [6.07, 6.45) is 0. The lowest BCUT2D eigenvalue weighted by Gasteiger charge is -2.26. The van der Waals surface area contributed by atoms with E-state index < -0.39 is 5.60 Å². The zero-order chi connectivity index (χ0) is 13.8. The van der Waals surface area contributed by atoms with Crippen LogP contribution < -0.4 is 5.32 Å². The Morgan fingerprint density at radius 2 is 2.28 bits per heavy atom. The van der Waals surface area contributed by atoms with Gasteiger partial charge >= 0.3 is 6.03 Å². The molecule has 0 aliphatic carbocycles. The van der Waals surface area contributed by atoms with E-state index in [-0.39, 0.29) is 6.03 Å². The van der Waals surface area contributed by atoms with Crippen molar-refractivity contribution in [2.75, 3.05) is 20.1 Å². The van der Waals surface area contributed by atoms with Gasteiger partial charge in [0.05, 0.1) is 12.1 Å². The number of urea groups is 1. The number of nitrogens with zero attached hydrogens (tertiary/aromatic N) is 1. The van der Waals surface area contributed by atoms with E-state index in [2.05, 4.69) is 23.7 Å². The van der Waals surface area contributed by atoms with E-state index >= 15 is 0 Å². The van der Waals surface area contributed by atoms with Gasteiger partial charge in [0.1, 0.15) is 0 Å². The van der Waals surface area contributed by atoms with Crippen LogP contribution in [0.3, 0.4) is 0 Å². The number of amides is 2. The molecule has 0 radical (unpaired) electrons. The molecule has 0 saturated heterocycles. The summed E-state index contributed by atoms with van der Waals surface area (Å²) in [7, 11) is 1.68. The predicted molar refractivity (Wildman–Crippen MR) is 75.1 cm³/mol. The molecule has 0 spiro atoms. The van der Waals surface area contributed by atoms with E-state index in [4.69, 9.17) is 0 Å². The lowest BCUT2D eigenvalue weighted by atomic mass is 10.1. The molecular formula is C13H22N2O2S. The molecule has 1 aromatic rings. The van der Waals surface area contributed by atoms with Gasteiger partial charge < -0.3 is 15.3 Å². The van der Waals surface area contributed by atoms with E-state index in [9.17, 15) is 9.90 Å². The minimum absolute atomic E-state index is 0.154. The highest BCUT2D eigenvalue weighted by Gasteiger charge is 2.19. The Kier molecular flexibility index (Phi) is 5.16. The molecular weight excluding hydrogens is 248 g/mol. The Morgan fingerprint density at radius 3 is 2.78 bits per heavy atom. The van der Waals surface area contributed by atoms with Crippen LogP contribution >= 0.6 is 11.3 Å². The van der Waals surface area contributed by atoms with Crippen LogP contribution in [0.25, 0.3) is 0 Å². The highest BCUT2D eigenvalue weighted by atomic mass is 32.1. The molecule has 5 heteroatoms. The Bertz CT molecular complexity index is 371. The molecule has 4 nitrogen and oxygen atoms in total. The molecule has 0 saturated carbocycles. The SMILES string of the molecule is CC(CNC(=O)N(C)CC(C)(C)O)c1ccsc1. The smallest absolute Gasteiger partial charge is 0.317 e. The van der Waals surface area contributed by atoms with Gasteiger partial charge in [0, 0.05) is 13.6 Å². The van der Waals surface area contributed by atoms with Crippen LogP contribution in [-0.4, -0.2) is 41.8 Å². The fourth-order valence-electron chi connectivity index (χ4n) is 1.70. The number of carbonyl (C=O) groups is 1. The molecule has 18 heavy (non-hydrogen) atoms. The van der Waals surface area contributed by atoms with Crippen LogP contribution in [0.4, 0.5) is 4.79 Å². The number of carbonyl (C=O) groups excluding carboxylic acids is 1. The van der Waals surface area contributed by atoms with Crippen molar-refractivity contribution in [2.24, 2.45) is 0 Å². The van der Waals surface area contributed by atoms with Crippen LogP contribution in [0.2, 0.25) is 0 Å². The van der Waals surface area contributed by atoms with Crippen molar-refractivity contribution in [3.8, 4) is 0 Å². The first-order chi connectivity index (χ1) is 8.29. The first-order valence-corrected chi connectivity index (χ1v) is 6.97. The van der Waals surface area contributed by atoms with Crippen LogP contribution in [0, 0.1) is 0 Å². The molecule has 1 heterocycles. The maximum absolute atomic E-state index is 11.8. The monoisotopic (exact) mass is 270 g/mol. The molecule has 0 aromatic carbocycles. The third-order valence-corrected chi connectivity index (χ3v) is 3.34. The molecule has 2 N–H and O–H groups in total. The molecule has 102 valence electrons. The second-order valence-electron chi connectivity index (χ2n) is 5.31. The van der Waals surface area contributed by atoms with Crippen molar-refractivity contribution in [2.45, 2.75) is 32.3 Å². The molecule has 0 aliphatic heterocycles. The van der Waals surface area contributed by atoms with Gasteiger partial charge in [-0.05, 0) is 42.2 Å². The molecule has 1 aromatic heterocycles. The molecule has 0 aliphatic rings. The van der Waals surface area contributed by atoms with Gasteiger partial charge in [-0.15, -0.1) is 0 Å². The molecule has 0 fully saturated rings. The molecule has 2 amide bonds. The van der Waals surface area contributed by atoms with Crippen molar-refractivity contribution in [3.05, 3.63) is 22.4 Å². The van der Waals surface area contributed by atoms with Crippen molar-refractivity contribution >= 4 is 17.4 Å². The van der Waals surface area contributed by atoms with Crippen molar-refractivity contribution in [3.63, 3.8) is 0 Å². The van der Waals surface area contributed by atoms with Crippen LogP contribution in [0.1, 0.15) is 32.3 Å². The largest absolute Gasteiger partial charge is 0.389 e. The highest BCUT2D eigenvalue weighted by molar-refractivity contribution is 7.07. The van der Waals surface area contributed by atoms with Gasteiger partial charge in [0.25, 0.3) is 0 Å². The second-order valence-corrected chi connectivity index (χ2v) is 6.09. The Hall–Kier alpha value is -1.07. The summed E-state index contributed by atoms with van der Waals surface area (Å²) in [6, 6.07) is 1.92. The average molecular weight is 270 g/mol. The number of hydrogen-bond acceptors (Lipinski definition) is 3. The van der Waals surface area contributed by atoms with Crippen molar-refractivity contribution in [1.82, 2.24) is 10.2 Å². The zero-order valence-corrected chi connectivity index (χ0v) is 12.3. The summed E-state index contributed by atoms with van der Waals surface area (Å²) in [5, 5.41) is 16.6. The van der Waals surface area contributed by atoms with Crippen molar-refractivity contribution < 1.29 is 9.90 Å². The third-order valence-electron chi connectivity index (χ3n) is 2.64. The standard InChI is InChI=1S/C13H22N2O2S/c1-10(11-5-6-18-8-11)7-14-12(16)15(4)9-13(2,3)17/h5-6,8,10,17H,7,9H2,1-4H3,(H,14,16). The summed E-state index contributed by atoms with van der Waals surface area (Å²) in [4.78, 5) is 13.3. The Labute approximate surface area is 113 Å². The fraction of sp³-hybridized carbons (Fsp3) is 0.615. The van der Waals surface area contributed by atoms with Gasteiger partial charge in [-0.25, -0.2) is 4.79 Å². The fourth-order valence-corrected chi connectivity index (χ4v) is 2.48. The number of hydrogen-bond donors (Lipinski definition) is 2. The van der Waals surface area contributed by atoms with E-state index in [0.717, 1.165) is 0 Å². The topological polar surface area (TPSA) is 52.6 Å². The minimum atomic E-state index is -0.870. The van der Waals surface area contributed by atoms with Crippen molar-refractivity contribution in [1.29, 1.82) is 0 Å². The van der Waals surface area contributed by atoms with Crippen LogP contribution in [0.15, 0.2) is 16.8 Å². The maximum atomic E-state index is 11.8. The van der Waals surface area contributed by atoms with Gasteiger partial charge in [0.15, 0.2) is 0 Å². The number of thiophene rings is 1. The number of likely N-dealkylation sites (N-methyl/N-ethyl adjacent to an activating group) is 1. The predicted octanol–water partition coefficient (Wildman–Crippen LogP) is 2.26. The summed E-state index contributed by atoms with van der Waals surface area (Å²) < 4.78 is 0. The second kappa shape index (κ2) is 6.20. The lowest BCUT2D eigenvalue weighted by molar-refractivity contribution is 0.0532. The third kappa shape index (κ3) is 5.06. The Morgan fingerprint density at radius 1 is 1.61 bits per heavy atom. The van der Waals surface area contributed by atoms with E-state index in [1.165, 1.54) is 10.5 Å². The quantitative estimate of drug-likeness (QED) is 0.862. The summed E-state index contributed by atoms with van der Waals surface area (Å²) in [5.41, 5.74) is 0.371. The van der Waals surface area contributed by atoms with E-state index in [1.807, 2.05) is 5.38 Å². The molecule has 1 atom stereocenters. The lowest BCUT2D eigenvalue weighted by Crippen LogP contribution is -2.45. The number of aliphatic hydroxyl groups is 1. The maximum Gasteiger partial charge on any atom is 0.317 e. The zero-order valence-electron chi connectivity index (χ0n) is 11.4. The average Bonchev–Trinajstić information content (AvgIpc) is 2.76. The number of rotatable bonds is 5. The summed E-state index contributed by atoms with van der Waals surface area (Å²) in [6.45, 7) is 6.37. The highest BCUT2D eigenvalue weighted by Crippen LogP contribution is 2.17. The van der Waals surface area contributed by atoms with E-state index in [0.29, 0.717) is 19.0 Å². The van der Waals surface area contributed by atoms with Gasteiger partial charge in [-0.3, -0.25) is 0 Å². The summed E-state index contributed by atoms with van der Waals surface area (Å²) in [5.74, 6) is 0.302. The van der Waals surface area contributed by atoms with Crippen LogP contribution in [0.5, 0.6) is 0 Å². The van der Waals surface area contributed by atoms with Crippen LogP contribution in [-0.2, 0) is 0 Å². The van der Waals surface area contributed by atoms with Gasteiger partial charge in [-0.1, -0.05) is 6.92 Å². The van der Waals surface area contributed by atoms with Gasteiger partial charge in [0.2, 0.25) is 0 Å². The molecule has 1 unspecified atom stereocenters. The molecule has 0 bridgehead atoms. The van der Waals surface area contributed by atoms with E-state index in [1.54, 1.807) is 32.2 Å².